The van der Waals surface area contributed by atoms with E-state index in [1.165, 1.54) is 4.68 Å². The number of aromatic nitrogens is 4. The molecule has 84 valence electrons. The van der Waals surface area contributed by atoms with Crippen molar-refractivity contribution in [3.63, 3.8) is 0 Å². The highest BCUT2D eigenvalue weighted by molar-refractivity contribution is 5.53. The number of hydrogen-bond donors (Lipinski definition) is 2. The number of benzene rings is 1. The molecule has 0 aliphatic carbocycles. The van der Waals surface area contributed by atoms with Gasteiger partial charge in [-0.1, -0.05) is 30.3 Å². The van der Waals surface area contributed by atoms with Crippen molar-refractivity contribution < 1.29 is 10.2 Å². The summed E-state index contributed by atoms with van der Waals surface area (Å²) in [6.45, 7) is -0.137. The molecule has 16 heavy (non-hydrogen) atoms. The first kappa shape index (κ1) is 10.7. The van der Waals surface area contributed by atoms with E-state index >= 15 is 0 Å². The van der Waals surface area contributed by atoms with Crippen molar-refractivity contribution in [3.8, 4) is 11.4 Å². The van der Waals surface area contributed by atoms with Gasteiger partial charge in [0.2, 0.25) is 0 Å². The average Bonchev–Trinajstić information content (AvgIpc) is 2.78. The molecule has 6 nitrogen and oxygen atoms in total. The van der Waals surface area contributed by atoms with E-state index in [0.717, 1.165) is 5.56 Å². The van der Waals surface area contributed by atoms with Gasteiger partial charge in [-0.05, 0) is 10.4 Å². The summed E-state index contributed by atoms with van der Waals surface area (Å²) >= 11 is 0. The van der Waals surface area contributed by atoms with Gasteiger partial charge >= 0.3 is 0 Å². The van der Waals surface area contributed by atoms with E-state index < -0.39 is 6.10 Å². The first-order valence-corrected chi connectivity index (χ1v) is 4.92. The minimum atomic E-state index is -0.856. The maximum Gasteiger partial charge on any atom is 0.182 e. The third-order valence-electron chi connectivity index (χ3n) is 2.16. The lowest BCUT2D eigenvalue weighted by Gasteiger charge is -2.08. The van der Waals surface area contributed by atoms with Gasteiger partial charge in [-0.25, -0.2) is 4.68 Å². The van der Waals surface area contributed by atoms with Crippen molar-refractivity contribution in [2.75, 3.05) is 6.61 Å². The van der Waals surface area contributed by atoms with Gasteiger partial charge in [0, 0.05) is 5.56 Å². The number of rotatable bonds is 4. The quantitative estimate of drug-likeness (QED) is 0.738. The lowest BCUT2D eigenvalue weighted by molar-refractivity contribution is 0.0782. The van der Waals surface area contributed by atoms with E-state index in [2.05, 4.69) is 15.5 Å². The Morgan fingerprint density at radius 3 is 2.69 bits per heavy atom. The SMILES string of the molecule is OCC(O)Cn1nnnc1-c1ccccc1. The lowest BCUT2D eigenvalue weighted by Crippen LogP contribution is -2.21. The molecular formula is C10H12N4O2. The molecule has 2 N–H and O–H groups in total. The highest BCUT2D eigenvalue weighted by Crippen LogP contribution is 2.14. The Bertz CT molecular complexity index is 443. The van der Waals surface area contributed by atoms with Gasteiger partial charge in [-0.3, -0.25) is 0 Å². The van der Waals surface area contributed by atoms with Crippen molar-refractivity contribution in [2.24, 2.45) is 0 Å². The Kier molecular flexibility index (Phi) is 3.23. The Labute approximate surface area is 92.2 Å². The molecule has 2 rings (SSSR count). The first-order valence-electron chi connectivity index (χ1n) is 4.92. The van der Waals surface area contributed by atoms with Crippen LogP contribution in [-0.2, 0) is 6.54 Å². The van der Waals surface area contributed by atoms with Crippen LogP contribution in [0.1, 0.15) is 0 Å². The van der Waals surface area contributed by atoms with E-state index in [9.17, 15) is 5.11 Å². The Morgan fingerprint density at radius 2 is 2.00 bits per heavy atom. The second-order valence-electron chi connectivity index (χ2n) is 3.39. The molecule has 0 saturated carbocycles. The summed E-state index contributed by atoms with van der Waals surface area (Å²) in [5.74, 6) is 0.577. The predicted octanol–water partition coefficient (Wildman–Crippen LogP) is -0.307. The monoisotopic (exact) mass is 220 g/mol. The van der Waals surface area contributed by atoms with Gasteiger partial charge in [0.1, 0.15) is 0 Å². The van der Waals surface area contributed by atoms with Gasteiger partial charge in [0.25, 0.3) is 0 Å². The molecule has 2 aromatic rings. The fraction of sp³-hybridized carbons (Fsp3) is 0.300. The molecule has 1 heterocycles. The Balaban J connectivity index is 2.26. The molecule has 1 aromatic heterocycles. The zero-order valence-corrected chi connectivity index (χ0v) is 8.56. The molecule has 0 aliphatic heterocycles. The predicted molar refractivity (Wildman–Crippen MR) is 56.3 cm³/mol. The van der Waals surface area contributed by atoms with Crippen LogP contribution in [0.15, 0.2) is 30.3 Å². The summed E-state index contributed by atoms with van der Waals surface area (Å²) in [4.78, 5) is 0. The van der Waals surface area contributed by atoms with Crippen LogP contribution in [0, 0.1) is 0 Å². The molecule has 0 amide bonds. The summed E-state index contributed by atoms with van der Waals surface area (Å²) in [5, 5.41) is 29.3. The average molecular weight is 220 g/mol. The number of hydrogen-bond acceptors (Lipinski definition) is 5. The molecular weight excluding hydrogens is 208 g/mol. The van der Waals surface area contributed by atoms with Crippen LogP contribution in [0.25, 0.3) is 11.4 Å². The van der Waals surface area contributed by atoms with Crippen LogP contribution in [0.2, 0.25) is 0 Å². The summed E-state index contributed by atoms with van der Waals surface area (Å²) in [6, 6.07) is 9.44. The number of nitrogens with zero attached hydrogens (tertiary/aromatic N) is 4. The summed E-state index contributed by atoms with van der Waals surface area (Å²) in [7, 11) is 0. The normalized spacial score (nSPS) is 12.6. The summed E-state index contributed by atoms with van der Waals surface area (Å²) < 4.78 is 1.47. The van der Waals surface area contributed by atoms with E-state index in [1.54, 1.807) is 0 Å². The Morgan fingerprint density at radius 1 is 1.25 bits per heavy atom. The zero-order valence-electron chi connectivity index (χ0n) is 8.56. The van der Waals surface area contributed by atoms with Gasteiger partial charge in [0.15, 0.2) is 5.82 Å². The van der Waals surface area contributed by atoms with E-state index in [-0.39, 0.29) is 13.2 Å². The molecule has 0 aliphatic rings. The van der Waals surface area contributed by atoms with Crippen LogP contribution in [-0.4, -0.2) is 43.1 Å². The van der Waals surface area contributed by atoms with Crippen molar-refractivity contribution in [1.29, 1.82) is 0 Å². The molecule has 0 saturated heterocycles. The minimum absolute atomic E-state index is 0.174. The van der Waals surface area contributed by atoms with Crippen molar-refractivity contribution in [2.45, 2.75) is 12.6 Å². The highest BCUT2D eigenvalue weighted by atomic mass is 16.3. The van der Waals surface area contributed by atoms with Gasteiger partial charge in [-0.15, -0.1) is 5.10 Å². The fourth-order valence-electron chi connectivity index (χ4n) is 1.38. The Hall–Kier alpha value is -1.79. The molecule has 0 spiro atoms. The smallest absolute Gasteiger partial charge is 0.182 e. The molecule has 6 heteroatoms. The third-order valence-corrected chi connectivity index (χ3v) is 2.16. The second-order valence-corrected chi connectivity index (χ2v) is 3.39. The van der Waals surface area contributed by atoms with Crippen LogP contribution < -0.4 is 0 Å². The lowest BCUT2D eigenvalue weighted by atomic mass is 10.2. The number of tetrazole rings is 1. The first-order chi connectivity index (χ1) is 7.81. The van der Waals surface area contributed by atoms with Gasteiger partial charge in [-0.2, -0.15) is 0 Å². The van der Waals surface area contributed by atoms with Crippen molar-refractivity contribution in [3.05, 3.63) is 30.3 Å². The molecule has 0 fully saturated rings. The minimum Gasteiger partial charge on any atom is -0.394 e. The molecule has 0 bridgehead atoms. The fourth-order valence-corrected chi connectivity index (χ4v) is 1.38. The largest absolute Gasteiger partial charge is 0.394 e. The van der Waals surface area contributed by atoms with E-state index in [0.29, 0.717) is 5.82 Å². The van der Waals surface area contributed by atoms with Crippen molar-refractivity contribution in [1.82, 2.24) is 20.2 Å². The highest BCUT2D eigenvalue weighted by Gasteiger charge is 2.11. The zero-order chi connectivity index (χ0) is 11.4. The van der Waals surface area contributed by atoms with Gasteiger partial charge in [0.05, 0.1) is 19.3 Å². The van der Waals surface area contributed by atoms with E-state index in [4.69, 9.17) is 5.11 Å². The summed E-state index contributed by atoms with van der Waals surface area (Å²) in [5.41, 5.74) is 0.873. The molecule has 1 aromatic carbocycles. The van der Waals surface area contributed by atoms with Crippen molar-refractivity contribution >= 4 is 0 Å². The standard InChI is InChI=1S/C10H12N4O2/c15-7-9(16)6-14-10(11-12-13-14)8-4-2-1-3-5-8/h1-5,9,15-16H,6-7H2. The topological polar surface area (TPSA) is 84.1 Å². The van der Waals surface area contributed by atoms with Crippen LogP contribution >= 0.6 is 0 Å². The van der Waals surface area contributed by atoms with Crippen LogP contribution in [0.5, 0.6) is 0 Å². The second kappa shape index (κ2) is 4.82. The summed E-state index contributed by atoms with van der Waals surface area (Å²) in [6.07, 6.45) is -0.856. The molecule has 1 atom stereocenters. The molecule has 0 radical (unpaired) electrons. The maximum atomic E-state index is 9.33. The van der Waals surface area contributed by atoms with Gasteiger partial charge < -0.3 is 10.2 Å². The van der Waals surface area contributed by atoms with Crippen LogP contribution in [0.3, 0.4) is 0 Å². The van der Waals surface area contributed by atoms with Crippen LogP contribution in [0.4, 0.5) is 0 Å². The third kappa shape index (κ3) is 2.23. The maximum absolute atomic E-state index is 9.33. The number of aliphatic hydroxyl groups is 2. The van der Waals surface area contributed by atoms with E-state index in [1.807, 2.05) is 30.3 Å². The number of aliphatic hydroxyl groups excluding tert-OH is 2. The molecule has 1 unspecified atom stereocenters.